The number of carbonyl (C=O) groups is 1. The van der Waals surface area contributed by atoms with E-state index >= 15 is 0 Å². The molecule has 0 saturated heterocycles. The molecule has 1 aliphatic rings. The Morgan fingerprint density at radius 2 is 2.10 bits per heavy atom. The van der Waals surface area contributed by atoms with Gasteiger partial charge in [-0.25, -0.2) is 9.78 Å². The second-order valence-corrected chi connectivity index (χ2v) is 5.52. The number of aliphatic hydroxyl groups is 1. The van der Waals surface area contributed by atoms with E-state index in [9.17, 15) is 9.90 Å². The number of carbonyl (C=O) groups excluding carboxylic acids is 1. The van der Waals surface area contributed by atoms with Gasteiger partial charge in [0, 0.05) is 14.1 Å². The Kier molecular flexibility index (Phi) is 4.44. The van der Waals surface area contributed by atoms with Crippen molar-refractivity contribution in [2.45, 2.75) is 31.2 Å². The van der Waals surface area contributed by atoms with Crippen LogP contribution in [0.4, 0.5) is 16.3 Å². The fourth-order valence-corrected chi connectivity index (χ4v) is 2.50. The molecule has 0 bridgehead atoms. The van der Waals surface area contributed by atoms with Gasteiger partial charge in [0.15, 0.2) is 0 Å². The van der Waals surface area contributed by atoms with E-state index in [-0.39, 0.29) is 12.6 Å². The zero-order valence-electron chi connectivity index (χ0n) is 12.0. The highest BCUT2D eigenvalue weighted by Gasteiger charge is 2.34. The zero-order valence-corrected chi connectivity index (χ0v) is 12.0. The van der Waals surface area contributed by atoms with Crippen LogP contribution in [0.15, 0.2) is 18.3 Å². The molecule has 1 heterocycles. The first kappa shape index (κ1) is 14.6. The molecule has 1 aliphatic carbocycles. The summed E-state index contributed by atoms with van der Waals surface area (Å²) in [5.74, 6) is 0.832. The molecule has 1 fully saturated rings. The Balaban J connectivity index is 1.94. The second-order valence-electron chi connectivity index (χ2n) is 5.52. The number of anilines is 2. The molecular formula is C14H22N4O2. The summed E-state index contributed by atoms with van der Waals surface area (Å²) in [4.78, 5) is 18.1. The molecule has 3 N–H and O–H groups in total. The Labute approximate surface area is 119 Å². The quantitative estimate of drug-likeness (QED) is 0.781. The van der Waals surface area contributed by atoms with Crippen LogP contribution in [0.5, 0.6) is 0 Å². The summed E-state index contributed by atoms with van der Waals surface area (Å²) >= 11 is 0. The van der Waals surface area contributed by atoms with Crippen LogP contribution in [0, 0.1) is 0 Å². The number of rotatable bonds is 4. The SMILES string of the molecule is CN(C)c1ccc(NC(=O)NC2(CO)CCCC2)cn1. The molecule has 6 heteroatoms. The molecule has 1 aromatic heterocycles. The number of nitrogens with zero attached hydrogens (tertiary/aromatic N) is 2. The van der Waals surface area contributed by atoms with Crippen molar-refractivity contribution in [1.82, 2.24) is 10.3 Å². The van der Waals surface area contributed by atoms with Crippen LogP contribution in [0.25, 0.3) is 0 Å². The van der Waals surface area contributed by atoms with Gasteiger partial charge in [-0.3, -0.25) is 0 Å². The first-order valence-corrected chi connectivity index (χ1v) is 6.88. The summed E-state index contributed by atoms with van der Waals surface area (Å²) in [5.41, 5.74) is 0.181. The van der Waals surface area contributed by atoms with Gasteiger partial charge < -0.3 is 20.6 Å². The van der Waals surface area contributed by atoms with E-state index in [4.69, 9.17) is 0 Å². The summed E-state index contributed by atoms with van der Waals surface area (Å²) in [6.45, 7) is -0.0156. The van der Waals surface area contributed by atoms with E-state index < -0.39 is 5.54 Å². The summed E-state index contributed by atoms with van der Waals surface area (Å²) < 4.78 is 0. The molecule has 2 rings (SSSR count). The predicted molar refractivity (Wildman–Crippen MR) is 79.0 cm³/mol. The zero-order chi connectivity index (χ0) is 14.6. The average Bonchev–Trinajstić information content (AvgIpc) is 2.88. The Bertz CT molecular complexity index is 453. The molecule has 2 amide bonds. The van der Waals surface area contributed by atoms with Gasteiger partial charge in [0.05, 0.1) is 24.0 Å². The molecule has 0 aliphatic heterocycles. The molecule has 0 atom stereocenters. The van der Waals surface area contributed by atoms with E-state index in [1.807, 2.05) is 31.1 Å². The van der Waals surface area contributed by atoms with Crippen LogP contribution >= 0.6 is 0 Å². The molecule has 0 unspecified atom stereocenters. The van der Waals surface area contributed by atoms with E-state index in [0.29, 0.717) is 5.69 Å². The molecule has 6 nitrogen and oxygen atoms in total. The minimum Gasteiger partial charge on any atom is -0.394 e. The number of hydrogen-bond donors (Lipinski definition) is 3. The Morgan fingerprint density at radius 1 is 1.40 bits per heavy atom. The molecule has 0 radical (unpaired) electrons. The lowest BCUT2D eigenvalue weighted by atomic mass is 9.99. The average molecular weight is 278 g/mol. The van der Waals surface area contributed by atoms with Crippen molar-refractivity contribution in [1.29, 1.82) is 0 Å². The van der Waals surface area contributed by atoms with Crippen LogP contribution in [0.1, 0.15) is 25.7 Å². The van der Waals surface area contributed by atoms with E-state index in [1.165, 1.54) is 0 Å². The number of aliphatic hydroxyl groups excluding tert-OH is 1. The maximum absolute atomic E-state index is 12.0. The molecule has 0 aromatic carbocycles. The second kappa shape index (κ2) is 6.09. The Morgan fingerprint density at radius 3 is 2.60 bits per heavy atom. The lowest BCUT2D eigenvalue weighted by Crippen LogP contribution is -2.50. The Hall–Kier alpha value is -1.82. The monoisotopic (exact) mass is 278 g/mol. The minimum atomic E-state index is -0.457. The molecule has 0 spiro atoms. The van der Waals surface area contributed by atoms with Crippen molar-refractivity contribution in [2.75, 3.05) is 30.9 Å². The van der Waals surface area contributed by atoms with E-state index in [2.05, 4.69) is 15.6 Å². The van der Waals surface area contributed by atoms with Crippen molar-refractivity contribution >= 4 is 17.5 Å². The summed E-state index contributed by atoms with van der Waals surface area (Å²) in [5, 5.41) is 15.1. The van der Waals surface area contributed by atoms with Gasteiger partial charge >= 0.3 is 6.03 Å². The van der Waals surface area contributed by atoms with Crippen molar-refractivity contribution in [3.63, 3.8) is 0 Å². The van der Waals surface area contributed by atoms with Gasteiger partial charge in [-0.15, -0.1) is 0 Å². The molecule has 1 aromatic rings. The van der Waals surface area contributed by atoms with Gasteiger partial charge in [-0.05, 0) is 25.0 Å². The van der Waals surface area contributed by atoms with Crippen LogP contribution in [-0.2, 0) is 0 Å². The summed E-state index contributed by atoms with van der Waals surface area (Å²) in [6.07, 6.45) is 5.36. The fourth-order valence-electron chi connectivity index (χ4n) is 2.50. The topological polar surface area (TPSA) is 77.5 Å². The highest BCUT2D eigenvalue weighted by Crippen LogP contribution is 2.29. The minimum absolute atomic E-state index is 0.0156. The normalized spacial score (nSPS) is 16.8. The summed E-state index contributed by atoms with van der Waals surface area (Å²) in [6, 6.07) is 3.36. The van der Waals surface area contributed by atoms with Crippen molar-refractivity contribution in [3.8, 4) is 0 Å². The van der Waals surface area contributed by atoms with Gasteiger partial charge in [0.25, 0.3) is 0 Å². The van der Waals surface area contributed by atoms with Crippen molar-refractivity contribution < 1.29 is 9.90 Å². The summed E-state index contributed by atoms with van der Waals surface area (Å²) in [7, 11) is 3.82. The highest BCUT2D eigenvalue weighted by molar-refractivity contribution is 5.89. The molecule has 1 saturated carbocycles. The number of nitrogens with one attached hydrogen (secondary N) is 2. The third-order valence-corrected chi connectivity index (χ3v) is 3.71. The standard InChI is InChI=1S/C14H22N4O2/c1-18(2)12-6-5-11(9-15-12)16-13(20)17-14(10-19)7-3-4-8-14/h5-6,9,19H,3-4,7-8,10H2,1-2H3,(H2,16,17,20). The first-order chi connectivity index (χ1) is 9.54. The smallest absolute Gasteiger partial charge is 0.319 e. The van der Waals surface area contributed by atoms with E-state index in [0.717, 1.165) is 31.5 Å². The van der Waals surface area contributed by atoms with Gasteiger partial charge in [-0.2, -0.15) is 0 Å². The lowest BCUT2D eigenvalue weighted by molar-refractivity contribution is 0.167. The number of urea groups is 1. The molecule has 110 valence electrons. The number of aromatic nitrogens is 1. The highest BCUT2D eigenvalue weighted by atomic mass is 16.3. The van der Waals surface area contributed by atoms with E-state index in [1.54, 1.807) is 6.20 Å². The van der Waals surface area contributed by atoms with Gasteiger partial charge in [-0.1, -0.05) is 12.8 Å². The third kappa shape index (κ3) is 3.39. The van der Waals surface area contributed by atoms with Crippen molar-refractivity contribution in [3.05, 3.63) is 18.3 Å². The van der Waals surface area contributed by atoms with Gasteiger partial charge in [0.2, 0.25) is 0 Å². The fraction of sp³-hybridized carbons (Fsp3) is 0.571. The van der Waals surface area contributed by atoms with Crippen LogP contribution in [0.3, 0.4) is 0 Å². The van der Waals surface area contributed by atoms with Crippen LogP contribution < -0.4 is 15.5 Å². The molecule has 20 heavy (non-hydrogen) atoms. The van der Waals surface area contributed by atoms with Crippen molar-refractivity contribution in [2.24, 2.45) is 0 Å². The van der Waals surface area contributed by atoms with Crippen LogP contribution in [-0.4, -0.2) is 42.4 Å². The maximum atomic E-state index is 12.0. The van der Waals surface area contributed by atoms with Gasteiger partial charge in [0.1, 0.15) is 5.82 Å². The number of pyridine rings is 1. The number of amides is 2. The third-order valence-electron chi connectivity index (χ3n) is 3.71. The molecular weight excluding hydrogens is 256 g/mol. The predicted octanol–water partition coefficient (Wildman–Crippen LogP) is 1.57. The lowest BCUT2D eigenvalue weighted by Gasteiger charge is -2.27. The largest absolute Gasteiger partial charge is 0.394 e. The maximum Gasteiger partial charge on any atom is 0.319 e. The first-order valence-electron chi connectivity index (χ1n) is 6.88. The number of hydrogen-bond acceptors (Lipinski definition) is 4. The van der Waals surface area contributed by atoms with Crippen LogP contribution in [0.2, 0.25) is 0 Å².